The first-order valence-corrected chi connectivity index (χ1v) is 9.98. The number of carbonyl (C=O) groups excluding carboxylic acids is 2. The second kappa shape index (κ2) is 9.14. The lowest BCUT2D eigenvalue weighted by molar-refractivity contribution is 0.0440. The molecule has 0 unspecified atom stereocenters. The number of aromatic carboxylic acids is 4. The van der Waals surface area contributed by atoms with Crippen molar-refractivity contribution in [2.24, 2.45) is 0 Å². The zero-order valence-electron chi connectivity index (χ0n) is 18.1. The molecule has 0 amide bonds. The molecule has 3 aromatic rings. The summed E-state index contributed by atoms with van der Waals surface area (Å²) in [5.74, 6) is -9.37. The fourth-order valence-corrected chi connectivity index (χ4v) is 3.45. The monoisotopic (exact) mass is 508 g/mol. The van der Waals surface area contributed by atoms with Gasteiger partial charge in [0.05, 0.1) is 27.8 Å². The Balaban J connectivity index is 1.83. The van der Waals surface area contributed by atoms with E-state index in [2.05, 4.69) is 4.74 Å². The number of rotatable bonds is 8. The van der Waals surface area contributed by atoms with Crippen molar-refractivity contribution in [2.75, 3.05) is 0 Å². The lowest BCUT2D eigenvalue weighted by atomic mass is 10.1. The highest BCUT2D eigenvalue weighted by Crippen LogP contribution is 2.42. The largest absolute Gasteiger partial charge is 0.478 e. The Morgan fingerprint density at radius 1 is 0.595 bits per heavy atom. The number of hydrogen-bond acceptors (Lipinski definition) is 9. The van der Waals surface area contributed by atoms with Crippen LogP contribution in [0.25, 0.3) is 0 Å². The smallest absolute Gasteiger partial charge is 0.350 e. The van der Waals surface area contributed by atoms with Crippen LogP contribution in [0, 0.1) is 0 Å². The zero-order chi connectivity index (χ0) is 27.0. The average molecular weight is 508 g/mol. The predicted molar refractivity (Wildman–Crippen MR) is 117 cm³/mol. The van der Waals surface area contributed by atoms with E-state index in [0.29, 0.717) is 0 Å². The maximum Gasteiger partial charge on any atom is 0.350 e. The molecule has 0 saturated heterocycles. The van der Waals surface area contributed by atoms with Crippen LogP contribution in [0.1, 0.15) is 62.1 Å². The van der Waals surface area contributed by atoms with E-state index in [9.17, 15) is 49.2 Å². The Hall–Kier alpha value is -5.72. The number of hydrogen-bond donors (Lipinski definition) is 4. The van der Waals surface area contributed by atoms with Crippen LogP contribution in [0.3, 0.4) is 0 Å². The van der Waals surface area contributed by atoms with Gasteiger partial charge in [-0.1, -0.05) is 0 Å². The van der Waals surface area contributed by atoms with Gasteiger partial charge >= 0.3 is 35.8 Å². The van der Waals surface area contributed by atoms with Gasteiger partial charge < -0.3 is 34.6 Å². The number of carboxylic acids is 4. The Labute approximate surface area is 204 Å². The van der Waals surface area contributed by atoms with E-state index in [4.69, 9.17) is 9.47 Å². The van der Waals surface area contributed by atoms with Crippen LogP contribution < -0.4 is 9.47 Å². The molecule has 37 heavy (non-hydrogen) atoms. The fourth-order valence-electron chi connectivity index (χ4n) is 3.45. The molecular weight excluding hydrogens is 496 g/mol. The summed E-state index contributed by atoms with van der Waals surface area (Å²) in [6.07, 6.45) is 0. The number of fused-ring (bicyclic) bond motifs is 1. The van der Waals surface area contributed by atoms with E-state index in [1.54, 1.807) is 0 Å². The van der Waals surface area contributed by atoms with Gasteiger partial charge in [0.1, 0.15) is 17.1 Å². The highest BCUT2D eigenvalue weighted by atomic mass is 16.6. The summed E-state index contributed by atoms with van der Waals surface area (Å²) in [5, 5.41) is 37.1. The van der Waals surface area contributed by atoms with Gasteiger partial charge in [0.25, 0.3) is 0 Å². The van der Waals surface area contributed by atoms with Crippen LogP contribution in [-0.2, 0) is 4.74 Å². The lowest BCUT2D eigenvalue weighted by Crippen LogP contribution is -2.09. The molecule has 0 spiro atoms. The number of benzene rings is 3. The molecule has 0 fully saturated rings. The molecule has 186 valence electrons. The quantitative estimate of drug-likeness (QED) is 0.254. The van der Waals surface area contributed by atoms with Crippen molar-refractivity contribution in [3.05, 3.63) is 81.9 Å². The molecule has 0 aliphatic carbocycles. The Bertz CT molecular complexity index is 1550. The zero-order valence-corrected chi connectivity index (χ0v) is 18.1. The highest BCUT2D eigenvalue weighted by molar-refractivity contribution is 6.16. The minimum atomic E-state index is -1.58. The highest BCUT2D eigenvalue weighted by Gasteiger charge is 2.36. The number of esters is 2. The maximum absolute atomic E-state index is 12.4. The van der Waals surface area contributed by atoms with Crippen molar-refractivity contribution >= 4 is 35.8 Å². The van der Waals surface area contributed by atoms with E-state index < -0.39 is 63.8 Å². The second-order valence-electron chi connectivity index (χ2n) is 7.33. The molecule has 1 aliphatic rings. The SMILES string of the molecule is O=C(O)c1ccc(Oc2ccc3c(c2Oc2ccc(C(=O)O)c(C(=O)O)c2)C(=O)OC3=O)cc1C(=O)O. The molecule has 13 heteroatoms. The molecule has 0 saturated carbocycles. The van der Waals surface area contributed by atoms with Crippen molar-refractivity contribution in [1.29, 1.82) is 0 Å². The first kappa shape index (κ1) is 24.4. The van der Waals surface area contributed by atoms with Crippen LogP contribution in [-0.4, -0.2) is 56.2 Å². The first-order valence-electron chi connectivity index (χ1n) is 9.98. The Morgan fingerprint density at radius 3 is 1.57 bits per heavy atom. The molecule has 4 N–H and O–H groups in total. The van der Waals surface area contributed by atoms with Gasteiger partial charge in [-0.05, 0) is 48.5 Å². The molecule has 3 aromatic carbocycles. The van der Waals surface area contributed by atoms with Crippen molar-refractivity contribution in [3.63, 3.8) is 0 Å². The van der Waals surface area contributed by atoms with E-state index in [1.807, 2.05) is 0 Å². The number of cyclic esters (lactones) is 2. The predicted octanol–water partition coefficient (Wildman–Crippen LogP) is 3.37. The Kier molecular flexibility index (Phi) is 6.03. The first-order chi connectivity index (χ1) is 17.5. The van der Waals surface area contributed by atoms with Gasteiger partial charge in [-0.15, -0.1) is 0 Å². The van der Waals surface area contributed by atoms with Crippen LogP contribution in [0.4, 0.5) is 0 Å². The minimum absolute atomic E-state index is 0.183. The van der Waals surface area contributed by atoms with Gasteiger partial charge in [-0.3, -0.25) is 0 Å². The molecule has 1 aliphatic heterocycles. The van der Waals surface area contributed by atoms with Gasteiger partial charge in [0.2, 0.25) is 0 Å². The summed E-state index contributed by atoms with van der Waals surface area (Å²) in [5.41, 5.74) is -2.88. The summed E-state index contributed by atoms with van der Waals surface area (Å²) in [4.78, 5) is 70.1. The van der Waals surface area contributed by atoms with E-state index in [-0.39, 0.29) is 28.4 Å². The van der Waals surface area contributed by atoms with Gasteiger partial charge in [0, 0.05) is 0 Å². The fraction of sp³-hybridized carbons (Fsp3) is 0. The number of ether oxygens (including phenoxy) is 3. The number of carbonyl (C=O) groups is 6. The number of carboxylic acid groups (broad SMARTS) is 4. The van der Waals surface area contributed by atoms with Gasteiger partial charge in [0.15, 0.2) is 11.5 Å². The molecule has 13 nitrogen and oxygen atoms in total. The van der Waals surface area contributed by atoms with E-state index >= 15 is 0 Å². The molecule has 1 heterocycles. The molecule has 0 aromatic heterocycles. The lowest BCUT2D eigenvalue weighted by Gasteiger charge is -2.15. The summed E-state index contributed by atoms with van der Waals surface area (Å²) in [7, 11) is 0. The molecule has 0 bridgehead atoms. The summed E-state index contributed by atoms with van der Waals surface area (Å²) in [6.45, 7) is 0. The third-order valence-electron chi connectivity index (χ3n) is 5.08. The standard InChI is InChI=1S/C24H12O13/c25-19(26)11-3-1-9(7-14(11)21(29)30)35-16-6-5-13-17(24(34)37-23(13)33)18(16)36-10-2-4-12(20(27)28)15(8-10)22(31)32/h1-8H,(H,25,26)(H,27,28)(H,29,30)(H,31,32). The average Bonchev–Trinajstić information content (AvgIpc) is 3.13. The van der Waals surface area contributed by atoms with Crippen LogP contribution in [0.15, 0.2) is 48.5 Å². The summed E-state index contributed by atoms with van der Waals surface area (Å²) >= 11 is 0. The maximum atomic E-state index is 12.4. The molecule has 0 radical (unpaired) electrons. The van der Waals surface area contributed by atoms with Crippen molar-refractivity contribution in [2.45, 2.75) is 0 Å². The van der Waals surface area contributed by atoms with E-state index in [0.717, 1.165) is 36.4 Å². The molecular formula is C24H12O13. The minimum Gasteiger partial charge on any atom is -0.478 e. The van der Waals surface area contributed by atoms with Crippen molar-refractivity contribution in [1.82, 2.24) is 0 Å². The summed E-state index contributed by atoms with van der Waals surface area (Å²) in [6, 6.07) is 8.33. The third kappa shape index (κ3) is 4.51. The van der Waals surface area contributed by atoms with Crippen molar-refractivity contribution < 1.29 is 63.4 Å². The summed E-state index contributed by atoms with van der Waals surface area (Å²) < 4.78 is 15.9. The molecule has 4 rings (SSSR count). The molecule has 0 atom stereocenters. The van der Waals surface area contributed by atoms with Crippen LogP contribution in [0.5, 0.6) is 23.0 Å². The third-order valence-corrected chi connectivity index (χ3v) is 5.08. The topological polar surface area (TPSA) is 211 Å². The normalized spacial score (nSPS) is 11.9. The van der Waals surface area contributed by atoms with Crippen LogP contribution in [0.2, 0.25) is 0 Å². The van der Waals surface area contributed by atoms with Gasteiger partial charge in [-0.25, -0.2) is 28.8 Å². The van der Waals surface area contributed by atoms with Crippen molar-refractivity contribution in [3.8, 4) is 23.0 Å². The second-order valence-corrected chi connectivity index (χ2v) is 7.33. The van der Waals surface area contributed by atoms with E-state index in [1.165, 1.54) is 12.1 Å². The Morgan fingerprint density at radius 2 is 1.08 bits per heavy atom. The van der Waals surface area contributed by atoms with Gasteiger partial charge in [-0.2, -0.15) is 0 Å². The van der Waals surface area contributed by atoms with Crippen LogP contribution >= 0.6 is 0 Å².